The number of aryl methyl sites for hydroxylation is 1. The zero-order valence-electron chi connectivity index (χ0n) is 10.6. The maximum Gasteiger partial charge on any atom is 0.146 e. The Morgan fingerprint density at radius 3 is 2.89 bits per heavy atom. The summed E-state index contributed by atoms with van der Waals surface area (Å²) in [7, 11) is 0. The van der Waals surface area contributed by atoms with E-state index in [1.165, 1.54) is 16.4 Å². The standard InChI is InChI=1S/C12H18N4S2/c1-2-10-14-9-7-17-8-18-11(9)12(15-10)16-5-3-13-4-6-16/h13H,2-8H2,1H3. The van der Waals surface area contributed by atoms with E-state index in [1.807, 2.05) is 23.5 Å². The molecule has 6 heteroatoms. The first-order valence-electron chi connectivity index (χ1n) is 6.44. The van der Waals surface area contributed by atoms with Crippen LogP contribution in [-0.2, 0) is 12.2 Å². The predicted molar refractivity (Wildman–Crippen MR) is 78.5 cm³/mol. The molecule has 18 heavy (non-hydrogen) atoms. The van der Waals surface area contributed by atoms with Gasteiger partial charge in [-0.25, -0.2) is 9.97 Å². The van der Waals surface area contributed by atoms with Crippen molar-refractivity contribution in [1.82, 2.24) is 15.3 Å². The van der Waals surface area contributed by atoms with E-state index in [-0.39, 0.29) is 0 Å². The molecule has 0 atom stereocenters. The fourth-order valence-electron chi connectivity index (χ4n) is 2.27. The van der Waals surface area contributed by atoms with Crippen molar-refractivity contribution in [3.05, 3.63) is 11.5 Å². The van der Waals surface area contributed by atoms with Crippen molar-refractivity contribution in [2.24, 2.45) is 0 Å². The van der Waals surface area contributed by atoms with Crippen molar-refractivity contribution < 1.29 is 0 Å². The SMILES string of the molecule is CCc1nc2c(c(N3CCNCC3)n1)SCSC2. The third-order valence-electron chi connectivity index (χ3n) is 3.22. The maximum absolute atomic E-state index is 4.79. The average molecular weight is 282 g/mol. The Morgan fingerprint density at radius 2 is 2.11 bits per heavy atom. The third-order valence-corrected chi connectivity index (χ3v) is 5.54. The highest BCUT2D eigenvalue weighted by Crippen LogP contribution is 2.39. The fraction of sp³-hybridized carbons (Fsp3) is 0.667. The molecular formula is C12H18N4S2. The number of piperazine rings is 1. The molecule has 0 radical (unpaired) electrons. The second kappa shape index (κ2) is 5.67. The number of nitrogens with zero attached hydrogens (tertiary/aromatic N) is 3. The van der Waals surface area contributed by atoms with E-state index in [0.29, 0.717) is 0 Å². The largest absolute Gasteiger partial charge is 0.353 e. The number of nitrogens with one attached hydrogen (secondary N) is 1. The van der Waals surface area contributed by atoms with Gasteiger partial charge in [0.1, 0.15) is 11.6 Å². The molecule has 3 heterocycles. The number of thioether (sulfide) groups is 2. The molecule has 1 aromatic rings. The predicted octanol–water partition coefficient (Wildman–Crippen LogP) is 1.74. The topological polar surface area (TPSA) is 41.1 Å². The van der Waals surface area contributed by atoms with Crippen molar-refractivity contribution in [1.29, 1.82) is 0 Å². The van der Waals surface area contributed by atoms with Gasteiger partial charge in [-0.1, -0.05) is 6.92 Å². The van der Waals surface area contributed by atoms with Crippen LogP contribution in [0.5, 0.6) is 0 Å². The smallest absolute Gasteiger partial charge is 0.146 e. The van der Waals surface area contributed by atoms with Crippen LogP contribution in [0.2, 0.25) is 0 Å². The molecule has 98 valence electrons. The van der Waals surface area contributed by atoms with Gasteiger partial charge in [0.15, 0.2) is 0 Å². The van der Waals surface area contributed by atoms with E-state index in [9.17, 15) is 0 Å². The van der Waals surface area contributed by atoms with Gasteiger partial charge < -0.3 is 10.2 Å². The molecule has 0 aliphatic carbocycles. The lowest BCUT2D eigenvalue weighted by atomic mass is 10.3. The highest BCUT2D eigenvalue weighted by Gasteiger charge is 2.23. The van der Waals surface area contributed by atoms with Crippen molar-refractivity contribution in [2.45, 2.75) is 24.0 Å². The highest BCUT2D eigenvalue weighted by atomic mass is 32.2. The lowest BCUT2D eigenvalue weighted by molar-refractivity contribution is 0.579. The lowest BCUT2D eigenvalue weighted by Crippen LogP contribution is -2.44. The van der Waals surface area contributed by atoms with Crippen LogP contribution >= 0.6 is 23.5 Å². The summed E-state index contributed by atoms with van der Waals surface area (Å²) in [5.74, 6) is 3.21. The van der Waals surface area contributed by atoms with E-state index in [0.717, 1.165) is 49.3 Å². The van der Waals surface area contributed by atoms with Gasteiger partial charge in [0.05, 0.1) is 10.6 Å². The van der Waals surface area contributed by atoms with E-state index in [2.05, 4.69) is 17.1 Å². The molecule has 3 rings (SSSR count). The average Bonchev–Trinajstić information content (AvgIpc) is 2.47. The number of hydrogen-bond donors (Lipinski definition) is 1. The first-order valence-corrected chi connectivity index (χ1v) is 8.58. The Bertz CT molecular complexity index is 432. The molecule has 0 aromatic carbocycles. The Kier molecular flexibility index (Phi) is 3.96. The number of rotatable bonds is 2. The molecule has 4 nitrogen and oxygen atoms in total. The van der Waals surface area contributed by atoms with Gasteiger partial charge in [0.2, 0.25) is 0 Å². The highest BCUT2D eigenvalue weighted by molar-refractivity contribution is 8.16. The van der Waals surface area contributed by atoms with Crippen LogP contribution in [0.4, 0.5) is 5.82 Å². The van der Waals surface area contributed by atoms with Crippen molar-refractivity contribution in [3.63, 3.8) is 0 Å². The summed E-state index contributed by atoms with van der Waals surface area (Å²) in [4.78, 5) is 13.2. The summed E-state index contributed by atoms with van der Waals surface area (Å²) >= 11 is 3.86. The lowest BCUT2D eigenvalue weighted by Gasteiger charge is -2.31. The Morgan fingerprint density at radius 1 is 1.28 bits per heavy atom. The van der Waals surface area contributed by atoms with Crippen LogP contribution < -0.4 is 10.2 Å². The zero-order chi connectivity index (χ0) is 12.4. The minimum Gasteiger partial charge on any atom is -0.353 e. The van der Waals surface area contributed by atoms with Gasteiger partial charge in [-0.2, -0.15) is 0 Å². The molecule has 0 saturated carbocycles. The molecule has 1 aromatic heterocycles. The van der Waals surface area contributed by atoms with E-state index in [1.54, 1.807) is 0 Å². The summed E-state index contributed by atoms with van der Waals surface area (Å²) < 4.78 is 0. The normalized spacial score (nSPS) is 19.7. The van der Waals surface area contributed by atoms with E-state index in [4.69, 9.17) is 9.97 Å². The Balaban J connectivity index is 1.99. The summed E-state index contributed by atoms with van der Waals surface area (Å²) in [6, 6.07) is 0. The Labute approximate surface area is 116 Å². The monoisotopic (exact) mass is 282 g/mol. The molecular weight excluding hydrogens is 264 g/mol. The number of hydrogen-bond acceptors (Lipinski definition) is 6. The van der Waals surface area contributed by atoms with Crippen LogP contribution in [0.15, 0.2) is 4.90 Å². The molecule has 0 amide bonds. The van der Waals surface area contributed by atoms with Gasteiger partial charge in [-0.3, -0.25) is 0 Å². The molecule has 1 N–H and O–H groups in total. The van der Waals surface area contributed by atoms with E-state index < -0.39 is 0 Å². The van der Waals surface area contributed by atoms with Gasteiger partial charge in [0.25, 0.3) is 0 Å². The molecule has 0 unspecified atom stereocenters. The zero-order valence-corrected chi connectivity index (χ0v) is 12.2. The van der Waals surface area contributed by atoms with Crippen molar-refractivity contribution in [3.8, 4) is 0 Å². The van der Waals surface area contributed by atoms with E-state index >= 15 is 0 Å². The van der Waals surface area contributed by atoms with Crippen LogP contribution in [0, 0.1) is 0 Å². The molecule has 0 bridgehead atoms. The van der Waals surface area contributed by atoms with Crippen LogP contribution in [0.25, 0.3) is 0 Å². The molecule has 1 fully saturated rings. The minimum absolute atomic E-state index is 0.918. The quantitative estimate of drug-likeness (QED) is 0.891. The van der Waals surface area contributed by atoms with Crippen LogP contribution in [0.3, 0.4) is 0 Å². The first kappa shape index (κ1) is 12.6. The van der Waals surface area contributed by atoms with Gasteiger partial charge in [-0.15, -0.1) is 23.5 Å². The number of fused-ring (bicyclic) bond motifs is 1. The molecule has 1 saturated heterocycles. The number of aromatic nitrogens is 2. The van der Waals surface area contributed by atoms with Crippen molar-refractivity contribution in [2.75, 3.05) is 36.2 Å². The summed E-state index contributed by atoms with van der Waals surface area (Å²) in [6.07, 6.45) is 0.918. The van der Waals surface area contributed by atoms with Crippen molar-refractivity contribution >= 4 is 29.3 Å². The first-order chi connectivity index (χ1) is 8.88. The van der Waals surface area contributed by atoms with Crippen LogP contribution in [-0.4, -0.2) is 41.2 Å². The van der Waals surface area contributed by atoms with Gasteiger partial charge in [0, 0.05) is 43.4 Å². The second-order valence-electron chi connectivity index (χ2n) is 4.44. The number of anilines is 1. The summed E-state index contributed by atoms with van der Waals surface area (Å²) in [6.45, 7) is 6.35. The molecule has 0 spiro atoms. The van der Waals surface area contributed by atoms with Gasteiger partial charge in [-0.05, 0) is 0 Å². The Hall–Kier alpha value is -0.460. The fourth-order valence-corrected chi connectivity index (χ4v) is 4.49. The second-order valence-corrected chi connectivity index (χ2v) is 6.78. The summed E-state index contributed by atoms with van der Waals surface area (Å²) in [5.41, 5.74) is 1.25. The summed E-state index contributed by atoms with van der Waals surface area (Å²) in [5, 5.41) is 4.52. The minimum atomic E-state index is 0.918. The maximum atomic E-state index is 4.79. The van der Waals surface area contributed by atoms with Crippen LogP contribution in [0.1, 0.15) is 18.4 Å². The molecule has 2 aliphatic heterocycles. The third kappa shape index (κ3) is 2.46. The molecule has 2 aliphatic rings. The van der Waals surface area contributed by atoms with Gasteiger partial charge >= 0.3 is 0 Å².